The van der Waals surface area contributed by atoms with Crippen molar-refractivity contribution >= 4 is 17.6 Å². The molecule has 2 aromatic rings. The summed E-state index contributed by atoms with van der Waals surface area (Å²) in [6, 6.07) is 16.3. The Kier molecular flexibility index (Phi) is 6.47. The predicted octanol–water partition coefficient (Wildman–Crippen LogP) is 3.60. The zero-order valence-corrected chi connectivity index (χ0v) is 16.1. The molecule has 0 aliphatic heterocycles. The van der Waals surface area contributed by atoms with E-state index in [0.717, 1.165) is 43.0 Å². The molecule has 1 aliphatic carbocycles. The van der Waals surface area contributed by atoms with Gasteiger partial charge in [-0.1, -0.05) is 42.8 Å². The van der Waals surface area contributed by atoms with Crippen LogP contribution in [-0.2, 0) is 17.9 Å². The predicted molar refractivity (Wildman–Crippen MR) is 111 cm³/mol. The summed E-state index contributed by atoms with van der Waals surface area (Å²) >= 11 is 0. The summed E-state index contributed by atoms with van der Waals surface area (Å²) < 4.78 is 0. The molecule has 0 heterocycles. The smallest absolute Gasteiger partial charge is 0.227 e. The van der Waals surface area contributed by atoms with Gasteiger partial charge in [0.25, 0.3) is 0 Å². The van der Waals surface area contributed by atoms with Crippen LogP contribution in [0.5, 0.6) is 0 Å². The van der Waals surface area contributed by atoms with E-state index in [4.69, 9.17) is 0 Å². The lowest BCUT2D eigenvalue weighted by atomic mass is 9.85. The third-order valence-corrected chi connectivity index (χ3v) is 5.06. The fourth-order valence-electron chi connectivity index (χ4n) is 3.07. The van der Waals surface area contributed by atoms with Crippen molar-refractivity contribution in [3.63, 3.8) is 0 Å². The number of carbonyl (C=O) groups is 1. The van der Waals surface area contributed by atoms with Gasteiger partial charge in [-0.3, -0.25) is 9.79 Å². The fraction of sp³-hybridized carbons (Fsp3) is 0.364. The van der Waals surface area contributed by atoms with Crippen LogP contribution in [-0.4, -0.2) is 18.9 Å². The standard InChI is InChI=1S/C22H28N4O/c1-16-7-3-4-9-19(16)15-25-22(23-2)24-14-17-8-5-12-20(13-17)26-21(27)18-10-6-11-18/h3-5,7-9,12-13,18H,6,10-11,14-15H2,1-2H3,(H,26,27)(H2,23,24,25). The molecule has 5 nitrogen and oxygen atoms in total. The first-order valence-electron chi connectivity index (χ1n) is 9.54. The molecule has 1 fully saturated rings. The highest BCUT2D eigenvalue weighted by molar-refractivity contribution is 5.93. The number of guanidine groups is 1. The first-order valence-corrected chi connectivity index (χ1v) is 9.54. The first-order chi connectivity index (χ1) is 13.2. The molecule has 27 heavy (non-hydrogen) atoms. The van der Waals surface area contributed by atoms with Crippen LogP contribution in [0.1, 0.15) is 36.0 Å². The van der Waals surface area contributed by atoms with Gasteiger partial charge in [-0.05, 0) is 48.6 Å². The van der Waals surface area contributed by atoms with Gasteiger partial charge in [-0.15, -0.1) is 0 Å². The van der Waals surface area contributed by atoms with E-state index in [9.17, 15) is 4.79 Å². The lowest BCUT2D eigenvalue weighted by Crippen LogP contribution is -2.36. The van der Waals surface area contributed by atoms with E-state index in [1.807, 2.05) is 36.4 Å². The molecule has 3 N–H and O–H groups in total. The maximum atomic E-state index is 12.1. The van der Waals surface area contributed by atoms with Gasteiger partial charge in [-0.25, -0.2) is 0 Å². The maximum absolute atomic E-state index is 12.1. The number of nitrogens with zero attached hydrogens (tertiary/aromatic N) is 1. The molecule has 1 aliphatic rings. The summed E-state index contributed by atoms with van der Waals surface area (Å²) in [7, 11) is 1.77. The lowest BCUT2D eigenvalue weighted by Gasteiger charge is -2.24. The molecule has 142 valence electrons. The molecular formula is C22H28N4O. The molecule has 5 heteroatoms. The van der Waals surface area contributed by atoms with Crippen molar-refractivity contribution in [2.24, 2.45) is 10.9 Å². The minimum absolute atomic E-state index is 0.141. The van der Waals surface area contributed by atoms with Crippen molar-refractivity contribution < 1.29 is 4.79 Å². The summed E-state index contributed by atoms with van der Waals surface area (Å²) in [4.78, 5) is 16.4. The molecule has 0 aromatic heterocycles. The van der Waals surface area contributed by atoms with Crippen molar-refractivity contribution in [2.45, 2.75) is 39.3 Å². The number of rotatable bonds is 6. The first kappa shape index (κ1) is 19.0. The molecule has 0 radical (unpaired) electrons. The van der Waals surface area contributed by atoms with Gasteiger partial charge in [0.2, 0.25) is 5.91 Å². The van der Waals surface area contributed by atoms with Gasteiger partial charge in [0.15, 0.2) is 5.96 Å². The van der Waals surface area contributed by atoms with E-state index in [-0.39, 0.29) is 11.8 Å². The molecule has 0 bridgehead atoms. The maximum Gasteiger partial charge on any atom is 0.227 e. The molecule has 0 saturated heterocycles. The Bertz CT molecular complexity index is 811. The Morgan fingerprint density at radius 3 is 2.56 bits per heavy atom. The Hall–Kier alpha value is -2.82. The zero-order valence-electron chi connectivity index (χ0n) is 16.1. The van der Waals surface area contributed by atoms with Crippen LogP contribution >= 0.6 is 0 Å². The van der Waals surface area contributed by atoms with Crippen LogP contribution in [0.4, 0.5) is 5.69 Å². The molecule has 3 rings (SSSR count). The van der Waals surface area contributed by atoms with E-state index < -0.39 is 0 Å². The monoisotopic (exact) mass is 364 g/mol. The van der Waals surface area contributed by atoms with Crippen LogP contribution in [0.3, 0.4) is 0 Å². The number of aryl methyl sites for hydroxylation is 1. The van der Waals surface area contributed by atoms with Crippen LogP contribution in [0.2, 0.25) is 0 Å². The highest BCUT2D eigenvalue weighted by atomic mass is 16.1. The number of carbonyl (C=O) groups excluding carboxylic acids is 1. The summed E-state index contributed by atoms with van der Waals surface area (Å²) in [5.74, 6) is 1.08. The summed E-state index contributed by atoms with van der Waals surface area (Å²) in [5, 5.41) is 9.70. The normalized spacial score (nSPS) is 14.4. The number of hydrogen-bond donors (Lipinski definition) is 3. The topological polar surface area (TPSA) is 65.5 Å². The number of nitrogens with one attached hydrogen (secondary N) is 3. The third kappa shape index (κ3) is 5.33. The fourth-order valence-corrected chi connectivity index (χ4v) is 3.07. The summed E-state index contributed by atoms with van der Waals surface area (Å²) in [6.07, 6.45) is 3.18. The Morgan fingerprint density at radius 2 is 1.85 bits per heavy atom. The molecule has 0 spiro atoms. The van der Waals surface area contributed by atoms with Crippen molar-refractivity contribution in [1.82, 2.24) is 10.6 Å². The molecule has 2 aromatic carbocycles. The second-order valence-corrected chi connectivity index (χ2v) is 7.02. The van der Waals surface area contributed by atoms with Gasteiger partial charge >= 0.3 is 0 Å². The van der Waals surface area contributed by atoms with E-state index in [1.54, 1.807) is 7.05 Å². The van der Waals surface area contributed by atoms with Crippen LogP contribution in [0.15, 0.2) is 53.5 Å². The number of benzene rings is 2. The van der Waals surface area contributed by atoms with Gasteiger partial charge in [0.05, 0.1) is 0 Å². The molecule has 0 unspecified atom stereocenters. The Balaban J connectivity index is 1.51. The molecule has 1 amide bonds. The molecule has 0 atom stereocenters. The summed E-state index contributed by atoms with van der Waals surface area (Å²) in [5.41, 5.74) is 4.46. The van der Waals surface area contributed by atoms with E-state index in [0.29, 0.717) is 6.54 Å². The molecular weight excluding hydrogens is 336 g/mol. The van der Waals surface area contributed by atoms with E-state index >= 15 is 0 Å². The third-order valence-electron chi connectivity index (χ3n) is 5.06. The number of hydrogen-bond acceptors (Lipinski definition) is 2. The quantitative estimate of drug-likeness (QED) is 0.542. The van der Waals surface area contributed by atoms with Crippen molar-refractivity contribution in [3.8, 4) is 0 Å². The Labute approximate surface area is 161 Å². The van der Waals surface area contributed by atoms with E-state index in [1.165, 1.54) is 11.1 Å². The van der Waals surface area contributed by atoms with Crippen LogP contribution < -0.4 is 16.0 Å². The number of anilines is 1. The van der Waals surface area contributed by atoms with Gasteiger partial charge in [-0.2, -0.15) is 0 Å². The minimum Gasteiger partial charge on any atom is -0.352 e. The van der Waals surface area contributed by atoms with Crippen molar-refractivity contribution in [3.05, 3.63) is 65.2 Å². The van der Waals surface area contributed by atoms with Gasteiger partial charge < -0.3 is 16.0 Å². The highest BCUT2D eigenvalue weighted by Crippen LogP contribution is 2.27. The second kappa shape index (κ2) is 9.21. The van der Waals surface area contributed by atoms with E-state index in [2.05, 4.69) is 40.0 Å². The van der Waals surface area contributed by atoms with Crippen molar-refractivity contribution in [2.75, 3.05) is 12.4 Å². The average molecular weight is 364 g/mol. The zero-order chi connectivity index (χ0) is 19.1. The molecule has 1 saturated carbocycles. The SMILES string of the molecule is CN=C(NCc1cccc(NC(=O)C2CCC2)c1)NCc1ccccc1C. The summed E-state index contributed by atoms with van der Waals surface area (Å²) in [6.45, 7) is 3.47. The van der Waals surface area contributed by atoms with Crippen molar-refractivity contribution in [1.29, 1.82) is 0 Å². The average Bonchev–Trinajstić information content (AvgIpc) is 2.62. The van der Waals surface area contributed by atoms with Gasteiger partial charge in [0, 0.05) is 31.7 Å². The van der Waals surface area contributed by atoms with Gasteiger partial charge in [0.1, 0.15) is 0 Å². The largest absolute Gasteiger partial charge is 0.352 e. The second-order valence-electron chi connectivity index (χ2n) is 7.02. The minimum atomic E-state index is 0.141. The lowest BCUT2D eigenvalue weighted by molar-refractivity contribution is -0.122. The van der Waals surface area contributed by atoms with Crippen LogP contribution in [0.25, 0.3) is 0 Å². The Morgan fingerprint density at radius 1 is 1.07 bits per heavy atom. The number of amides is 1. The van der Waals surface area contributed by atoms with Crippen LogP contribution in [0, 0.1) is 12.8 Å². The number of aliphatic imine (C=N–C) groups is 1. The highest BCUT2D eigenvalue weighted by Gasteiger charge is 2.25.